The smallest absolute Gasteiger partial charge is 0.223 e. The highest BCUT2D eigenvalue weighted by atomic mass is 16.1. The normalized spacial score (nSPS) is 28.8. The number of carbonyl (C=O) groups excluding carboxylic acids is 1. The van der Waals surface area contributed by atoms with Crippen molar-refractivity contribution in [1.82, 2.24) is 5.32 Å². The second kappa shape index (κ2) is 3.56. The van der Waals surface area contributed by atoms with Crippen molar-refractivity contribution in [3.8, 4) is 0 Å². The van der Waals surface area contributed by atoms with E-state index in [2.05, 4.69) is 18.8 Å². The van der Waals surface area contributed by atoms with Crippen LogP contribution in [0.3, 0.4) is 0 Å². The summed E-state index contributed by atoms with van der Waals surface area (Å²) in [5.41, 5.74) is 0. The molecule has 1 amide bonds. The third-order valence-corrected chi connectivity index (χ3v) is 2.17. The van der Waals surface area contributed by atoms with Gasteiger partial charge in [0.15, 0.2) is 0 Å². The summed E-state index contributed by atoms with van der Waals surface area (Å²) in [6.45, 7) is 6.31. The summed E-state index contributed by atoms with van der Waals surface area (Å²) in [5, 5.41) is 2.80. The average molecular weight is 153 g/mol. The van der Waals surface area contributed by atoms with Crippen LogP contribution in [0.15, 0.2) is 12.7 Å². The predicted octanol–water partition coefficient (Wildman–Crippen LogP) is 1.33. The summed E-state index contributed by atoms with van der Waals surface area (Å²) in [4.78, 5) is 11.2. The quantitative estimate of drug-likeness (QED) is 0.609. The standard InChI is InChI=1S/C9H15NO/c1-3-4-10-9(11)8-5-7(2)6-8/h3,7-8H,1,4-6H2,2H3,(H,10,11). The molecular weight excluding hydrogens is 138 g/mol. The lowest BCUT2D eigenvalue weighted by Gasteiger charge is -2.31. The number of nitrogens with one attached hydrogen (secondary N) is 1. The average Bonchev–Trinajstić information content (AvgIpc) is 1.94. The van der Waals surface area contributed by atoms with Crippen molar-refractivity contribution in [2.75, 3.05) is 6.54 Å². The molecule has 0 radical (unpaired) electrons. The first-order valence-corrected chi connectivity index (χ1v) is 4.12. The van der Waals surface area contributed by atoms with E-state index >= 15 is 0 Å². The largest absolute Gasteiger partial charge is 0.352 e. The molecule has 1 aliphatic carbocycles. The number of rotatable bonds is 3. The van der Waals surface area contributed by atoms with Crippen LogP contribution in [0.5, 0.6) is 0 Å². The van der Waals surface area contributed by atoms with Crippen LogP contribution in [0.1, 0.15) is 19.8 Å². The summed E-state index contributed by atoms with van der Waals surface area (Å²) in [6.07, 6.45) is 3.83. The Kier molecular flexibility index (Phi) is 2.69. The Morgan fingerprint density at radius 2 is 2.36 bits per heavy atom. The van der Waals surface area contributed by atoms with Gasteiger partial charge in [-0.15, -0.1) is 6.58 Å². The maximum Gasteiger partial charge on any atom is 0.223 e. The summed E-state index contributed by atoms with van der Waals surface area (Å²) in [5.74, 6) is 1.22. The molecule has 0 aromatic carbocycles. The maximum atomic E-state index is 11.2. The van der Waals surface area contributed by atoms with Crippen molar-refractivity contribution in [1.29, 1.82) is 0 Å². The number of amides is 1. The van der Waals surface area contributed by atoms with Gasteiger partial charge in [-0.05, 0) is 18.8 Å². The van der Waals surface area contributed by atoms with Gasteiger partial charge in [0.2, 0.25) is 5.91 Å². The zero-order valence-corrected chi connectivity index (χ0v) is 6.97. The van der Waals surface area contributed by atoms with Crippen molar-refractivity contribution in [2.24, 2.45) is 11.8 Å². The lowest BCUT2D eigenvalue weighted by molar-refractivity contribution is -0.128. The molecule has 0 aromatic heterocycles. The minimum Gasteiger partial charge on any atom is -0.352 e. The number of hydrogen-bond acceptors (Lipinski definition) is 1. The maximum absolute atomic E-state index is 11.2. The number of carbonyl (C=O) groups is 1. The van der Waals surface area contributed by atoms with Gasteiger partial charge in [-0.3, -0.25) is 4.79 Å². The molecule has 0 aliphatic heterocycles. The minimum absolute atomic E-state index is 0.197. The van der Waals surface area contributed by atoms with E-state index in [1.807, 2.05) is 0 Å². The topological polar surface area (TPSA) is 29.1 Å². The van der Waals surface area contributed by atoms with E-state index < -0.39 is 0 Å². The SMILES string of the molecule is C=CCNC(=O)C1CC(C)C1. The van der Waals surface area contributed by atoms with E-state index in [9.17, 15) is 4.79 Å². The van der Waals surface area contributed by atoms with Gasteiger partial charge in [-0.1, -0.05) is 13.0 Å². The molecule has 1 rings (SSSR count). The Balaban J connectivity index is 2.16. The van der Waals surface area contributed by atoms with Crippen LogP contribution in [0.25, 0.3) is 0 Å². The lowest BCUT2D eigenvalue weighted by Crippen LogP contribution is -2.37. The highest BCUT2D eigenvalue weighted by Gasteiger charge is 2.30. The van der Waals surface area contributed by atoms with E-state index in [4.69, 9.17) is 0 Å². The summed E-state index contributed by atoms with van der Waals surface area (Å²) in [7, 11) is 0. The van der Waals surface area contributed by atoms with Gasteiger partial charge in [0, 0.05) is 12.5 Å². The molecule has 0 bridgehead atoms. The van der Waals surface area contributed by atoms with Crippen LogP contribution in [0.2, 0.25) is 0 Å². The summed E-state index contributed by atoms with van der Waals surface area (Å²) in [6, 6.07) is 0. The van der Waals surface area contributed by atoms with Gasteiger partial charge in [0.25, 0.3) is 0 Å². The van der Waals surface area contributed by atoms with Crippen molar-refractivity contribution in [3.63, 3.8) is 0 Å². The molecular formula is C9H15NO. The van der Waals surface area contributed by atoms with Crippen molar-refractivity contribution < 1.29 is 4.79 Å². The monoisotopic (exact) mass is 153 g/mol. The fourth-order valence-corrected chi connectivity index (χ4v) is 1.43. The molecule has 62 valence electrons. The van der Waals surface area contributed by atoms with E-state index in [0.717, 1.165) is 18.8 Å². The first-order chi connectivity index (χ1) is 5.24. The zero-order valence-electron chi connectivity index (χ0n) is 6.97. The molecule has 0 unspecified atom stereocenters. The molecule has 0 saturated heterocycles. The zero-order chi connectivity index (χ0) is 8.27. The molecule has 0 aromatic rings. The lowest BCUT2D eigenvalue weighted by atomic mass is 9.76. The van der Waals surface area contributed by atoms with E-state index in [1.165, 1.54) is 0 Å². The Morgan fingerprint density at radius 3 is 2.82 bits per heavy atom. The Labute approximate surface area is 67.7 Å². The molecule has 11 heavy (non-hydrogen) atoms. The Hall–Kier alpha value is -0.790. The predicted molar refractivity (Wildman–Crippen MR) is 45.1 cm³/mol. The third-order valence-electron chi connectivity index (χ3n) is 2.17. The Morgan fingerprint density at radius 1 is 1.73 bits per heavy atom. The molecule has 1 aliphatic rings. The van der Waals surface area contributed by atoms with Crippen LogP contribution in [0, 0.1) is 11.8 Å². The van der Waals surface area contributed by atoms with Crippen LogP contribution in [0.4, 0.5) is 0 Å². The van der Waals surface area contributed by atoms with Crippen molar-refractivity contribution in [2.45, 2.75) is 19.8 Å². The second-order valence-corrected chi connectivity index (χ2v) is 3.31. The minimum atomic E-state index is 0.197. The first kappa shape index (κ1) is 8.31. The third kappa shape index (κ3) is 2.07. The fraction of sp³-hybridized carbons (Fsp3) is 0.667. The van der Waals surface area contributed by atoms with Gasteiger partial charge in [-0.2, -0.15) is 0 Å². The molecule has 2 heteroatoms. The van der Waals surface area contributed by atoms with Gasteiger partial charge in [0.1, 0.15) is 0 Å². The Bertz CT molecular complexity index is 159. The van der Waals surface area contributed by atoms with Crippen LogP contribution in [-0.2, 0) is 4.79 Å². The van der Waals surface area contributed by atoms with Gasteiger partial charge >= 0.3 is 0 Å². The highest BCUT2D eigenvalue weighted by molar-refractivity contribution is 5.79. The van der Waals surface area contributed by atoms with Crippen molar-refractivity contribution in [3.05, 3.63) is 12.7 Å². The van der Waals surface area contributed by atoms with E-state index in [0.29, 0.717) is 6.54 Å². The van der Waals surface area contributed by atoms with Gasteiger partial charge in [-0.25, -0.2) is 0 Å². The van der Waals surface area contributed by atoms with Crippen LogP contribution in [-0.4, -0.2) is 12.5 Å². The molecule has 0 heterocycles. The molecule has 1 fully saturated rings. The molecule has 1 saturated carbocycles. The molecule has 1 N–H and O–H groups in total. The molecule has 0 atom stereocenters. The summed E-state index contributed by atoms with van der Waals surface area (Å²) < 4.78 is 0. The first-order valence-electron chi connectivity index (χ1n) is 4.12. The summed E-state index contributed by atoms with van der Waals surface area (Å²) >= 11 is 0. The van der Waals surface area contributed by atoms with Crippen LogP contribution < -0.4 is 5.32 Å². The molecule has 2 nitrogen and oxygen atoms in total. The highest BCUT2D eigenvalue weighted by Crippen LogP contribution is 2.32. The van der Waals surface area contributed by atoms with E-state index in [-0.39, 0.29) is 11.8 Å². The van der Waals surface area contributed by atoms with E-state index in [1.54, 1.807) is 6.08 Å². The van der Waals surface area contributed by atoms with Gasteiger partial charge < -0.3 is 5.32 Å². The second-order valence-electron chi connectivity index (χ2n) is 3.31. The molecule has 0 spiro atoms. The van der Waals surface area contributed by atoms with Crippen molar-refractivity contribution >= 4 is 5.91 Å². The van der Waals surface area contributed by atoms with Gasteiger partial charge in [0.05, 0.1) is 0 Å². The fourth-order valence-electron chi connectivity index (χ4n) is 1.43. The van der Waals surface area contributed by atoms with Crippen LogP contribution >= 0.6 is 0 Å². The number of hydrogen-bond donors (Lipinski definition) is 1.